The minimum absolute atomic E-state index is 0.0439. The van der Waals surface area contributed by atoms with Crippen LogP contribution in [0.25, 0.3) is 0 Å². The third-order valence-electron chi connectivity index (χ3n) is 4.16. The number of rotatable bonds is 3. The lowest BCUT2D eigenvalue weighted by Crippen LogP contribution is -2.38. The topological polar surface area (TPSA) is 29.5 Å². The minimum Gasteiger partial charge on any atom is -0.371 e. The molecule has 0 bridgehead atoms. The van der Waals surface area contributed by atoms with Crippen LogP contribution < -0.4 is 0 Å². The summed E-state index contributed by atoms with van der Waals surface area (Å²) in [6, 6.07) is 16.0. The largest absolute Gasteiger partial charge is 0.371 e. The van der Waals surface area contributed by atoms with Gasteiger partial charge in [0.1, 0.15) is 0 Å². The van der Waals surface area contributed by atoms with Crippen LogP contribution in [0, 0.1) is 6.92 Å². The zero-order valence-corrected chi connectivity index (χ0v) is 13.1. The molecule has 1 atom stereocenters. The summed E-state index contributed by atoms with van der Waals surface area (Å²) < 4.78 is 5.89. The Bertz CT molecular complexity index is 663. The Kier molecular flexibility index (Phi) is 4.25. The van der Waals surface area contributed by atoms with Crippen LogP contribution in [-0.4, -0.2) is 30.5 Å². The van der Waals surface area contributed by atoms with E-state index in [-0.39, 0.29) is 12.0 Å². The van der Waals surface area contributed by atoms with E-state index in [2.05, 4.69) is 18.2 Å². The Hall–Kier alpha value is -2.13. The fourth-order valence-corrected chi connectivity index (χ4v) is 2.83. The van der Waals surface area contributed by atoms with E-state index < -0.39 is 0 Å². The summed E-state index contributed by atoms with van der Waals surface area (Å²) >= 11 is 0. The molecule has 0 fully saturated rings. The summed E-state index contributed by atoms with van der Waals surface area (Å²) in [5, 5.41) is 0. The standard InChI is InChI=1S/C19H21NO2/c1-14-7-9-15(10-8-14)19(21)20(2)12-18-11-16-5-3-4-6-17(16)13-22-18/h3-10,18H,11-13H2,1-2H3. The number of amides is 1. The molecule has 0 saturated carbocycles. The van der Waals surface area contributed by atoms with Crippen molar-refractivity contribution in [2.24, 2.45) is 0 Å². The van der Waals surface area contributed by atoms with Gasteiger partial charge < -0.3 is 9.64 Å². The maximum atomic E-state index is 12.4. The van der Waals surface area contributed by atoms with Gasteiger partial charge in [-0.1, -0.05) is 42.0 Å². The van der Waals surface area contributed by atoms with Crippen molar-refractivity contribution in [3.63, 3.8) is 0 Å². The molecule has 1 amide bonds. The predicted octanol–water partition coefficient (Wildman–Crippen LogP) is 3.21. The highest BCUT2D eigenvalue weighted by atomic mass is 16.5. The number of carbonyl (C=O) groups excluding carboxylic acids is 1. The minimum atomic E-state index is 0.0439. The highest BCUT2D eigenvalue weighted by molar-refractivity contribution is 5.94. The van der Waals surface area contributed by atoms with Crippen LogP contribution in [0.3, 0.4) is 0 Å². The molecule has 0 aromatic heterocycles. The predicted molar refractivity (Wildman–Crippen MR) is 86.9 cm³/mol. The molecule has 2 aromatic carbocycles. The second kappa shape index (κ2) is 6.32. The summed E-state index contributed by atoms with van der Waals surface area (Å²) in [6.45, 7) is 3.26. The lowest BCUT2D eigenvalue weighted by atomic mass is 9.99. The quantitative estimate of drug-likeness (QED) is 0.870. The highest BCUT2D eigenvalue weighted by Crippen LogP contribution is 2.21. The molecule has 114 valence electrons. The normalized spacial score (nSPS) is 16.9. The molecule has 1 aliphatic rings. The van der Waals surface area contributed by atoms with Gasteiger partial charge in [-0.15, -0.1) is 0 Å². The van der Waals surface area contributed by atoms with Crippen LogP contribution in [0.1, 0.15) is 27.0 Å². The summed E-state index contributed by atoms with van der Waals surface area (Å²) in [4.78, 5) is 14.2. The monoisotopic (exact) mass is 295 g/mol. The van der Waals surface area contributed by atoms with E-state index in [0.29, 0.717) is 13.2 Å². The van der Waals surface area contributed by atoms with E-state index in [4.69, 9.17) is 4.74 Å². The molecule has 0 radical (unpaired) electrons. The number of ether oxygens (including phenoxy) is 1. The molecule has 0 spiro atoms. The number of hydrogen-bond donors (Lipinski definition) is 0. The summed E-state index contributed by atoms with van der Waals surface area (Å²) in [5.41, 5.74) is 4.47. The molecule has 22 heavy (non-hydrogen) atoms. The second-order valence-corrected chi connectivity index (χ2v) is 5.96. The van der Waals surface area contributed by atoms with Crippen LogP contribution in [0.2, 0.25) is 0 Å². The van der Waals surface area contributed by atoms with Gasteiger partial charge >= 0.3 is 0 Å². The summed E-state index contributed by atoms with van der Waals surface area (Å²) in [6.07, 6.45) is 0.927. The third-order valence-corrected chi connectivity index (χ3v) is 4.16. The molecule has 1 aliphatic heterocycles. The lowest BCUT2D eigenvalue weighted by molar-refractivity contribution is 0.00985. The van der Waals surface area contributed by atoms with E-state index in [1.807, 2.05) is 44.3 Å². The van der Waals surface area contributed by atoms with Gasteiger partial charge in [0.15, 0.2) is 0 Å². The molecule has 3 nitrogen and oxygen atoms in total. The van der Waals surface area contributed by atoms with E-state index in [9.17, 15) is 4.79 Å². The van der Waals surface area contributed by atoms with E-state index in [1.165, 1.54) is 11.1 Å². The van der Waals surface area contributed by atoms with Gasteiger partial charge in [0.25, 0.3) is 5.91 Å². The maximum Gasteiger partial charge on any atom is 0.253 e. The number of likely N-dealkylation sites (N-methyl/N-ethyl adjacent to an activating group) is 1. The van der Waals surface area contributed by atoms with Crippen molar-refractivity contribution in [3.05, 3.63) is 70.8 Å². The van der Waals surface area contributed by atoms with E-state index in [0.717, 1.165) is 17.5 Å². The molecule has 1 unspecified atom stereocenters. The summed E-state index contributed by atoms with van der Waals surface area (Å²) in [7, 11) is 1.84. The fraction of sp³-hybridized carbons (Fsp3) is 0.316. The van der Waals surface area contributed by atoms with Crippen molar-refractivity contribution in [2.75, 3.05) is 13.6 Å². The first-order valence-corrected chi connectivity index (χ1v) is 7.64. The van der Waals surface area contributed by atoms with Crippen molar-refractivity contribution in [2.45, 2.75) is 26.1 Å². The SMILES string of the molecule is Cc1ccc(C(=O)N(C)CC2Cc3ccccc3CO2)cc1. The molecular weight excluding hydrogens is 274 g/mol. The van der Waals surface area contributed by atoms with Crippen LogP contribution in [0.4, 0.5) is 0 Å². The van der Waals surface area contributed by atoms with Crippen molar-refractivity contribution >= 4 is 5.91 Å². The zero-order chi connectivity index (χ0) is 15.5. The Balaban J connectivity index is 1.64. The first-order valence-electron chi connectivity index (χ1n) is 7.64. The number of aryl methyl sites for hydroxylation is 1. The molecule has 1 heterocycles. The van der Waals surface area contributed by atoms with Crippen molar-refractivity contribution in [1.29, 1.82) is 0 Å². The Morgan fingerprint density at radius 3 is 2.55 bits per heavy atom. The van der Waals surface area contributed by atoms with E-state index in [1.54, 1.807) is 4.90 Å². The average molecular weight is 295 g/mol. The molecule has 2 aromatic rings. The number of carbonyl (C=O) groups is 1. The number of fused-ring (bicyclic) bond motifs is 1. The molecular formula is C19H21NO2. The number of hydrogen-bond acceptors (Lipinski definition) is 2. The fourth-order valence-electron chi connectivity index (χ4n) is 2.83. The van der Waals surface area contributed by atoms with Gasteiger partial charge in [-0.05, 0) is 30.2 Å². The number of benzene rings is 2. The van der Waals surface area contributed by atoms with Gasteiger partial charge in [0.2, 0.25) is 0 Å². The Labute approximate surface area is 131 Å². The average Bonchev–Trinajstić information content (AvgIpc) is 2.55. The van der Waals surface area contributed by atoms with Gasteiger partial charge in [-0.25, -0.2) is 0 Å². The molecule has 0 saturated heterocycles. The molecule has 3 heteroatoms. The van der Waals surface area contributed by atoms with Crippen LogP contribution >= 0.6 is 0 Å². The Morgan fingerprint density at radius 2 is 1.82 bits per heavy atom. The van der Waals surface area contributed by atoms with Gasteiger partial charge in [-0.2, -0.15) is 0 Å². The van der Waals surface area contributed by atoms with Crippen molar-refractivity contribution in [1.82, 2.24) is 4.90 Å². The molecule has 0 aliphatic carbocycles. The number of nitrogens with zero attached hydrogens (tertiary/aromatic N) is 1. The van der Waals surface area contributed by atoms with Crippen LogP contribution in [0.15, 0.2) is 48.5 Å². The lowest BCUT2D eigenvalue weighted by Gasteiger charge is -2.29. The molecule has 0 N–H and O–H groups in total. The summed E-state index contributed by atoms with van der Waals surface area (Å²) in [5.74, 6) is 0.0439. The second-order valence-electron chi connectivity index (χ2n) is 5.96. The Morgan fingerprint density at radius 1 is 1.14 bits per heavy atom. The smallest absolute Gasteiger partial charge is 0.253 e. The first kappa shape index (κ1) is 14.8. The van der Waals surface area contributed by atoms with Crippen LogP contribution in [0.5, 0.6) is 0 Å². The molecule has 3 rings (SSSR count). The van der Waals surface area contributed by atoms with Crippen molar-refractivity contribution in [3.8, 4) is 0 Å². The van der Waals surface area contributed by atoms with Crippen molar-refractivity contribution < 1.29 is 9.53 Å². The maximum absolute atomic E-state index is 12.4. The van der Waals surface area contributed by atoms with E-state index >= 15 is 0 Å². The first-order chi connectivity index (χ1) is 10.6. The van der Waals surface area contributed by atoms with Crippen LogP contribution in [-0.2, 0) is 17.8 Å². The van der Waals surface area contributed by atoms with Gasteiger partial charge in [0.05, 0.1) is 12.7 Å². The third kappa shape index (κ3) is 3.20. The zero-order valence-electron chi connectivity index (χ0n) is 13.1. The van der Waals surface area contributed by atoms with Gasteiger partial charge in [0, 0.05) is 25.6 Å². The highest BCUT2D eigenvalue weighted by Gasteiger charge is 2.22. The van der Waals surface area contributed by atoms with Gasteiger partial charge in [-0.3, -0.25) is 4.79 Å².